The maximum Gasteiger partial charge on any atom is 0.0192 e. The highest BCUT2D eigenvalue weighted by Crippen LogP contribution is 2.35. The molecular formula is C13H28N2. The van der Waals surface area contributed by atoms with Crippen molar-refractivity contribution in [2.24, 2.45) is 11.8 Å². The number of hydrogen-bond donors (Lipinski definition) is 1. The van der Waals surface area contributed by atoms with Gasteiger partial charge in [0.15, 0.2) is 0 Å². The van der Waals surface area contributed by atoms with Crippen LogP contribution in [0.3, 0.4) is 0 Å². The number of likely N-dealkylation sites (N-methyl/N-ethyl adjacent to an activating group) is 1. The van der Waals surface area contributed by atoms with E-state index in [9.17, 15) is 0 Å². The molecule has 15 heavy (non-hydrogen) atoms. The molecule has 2 unspecified atom stereocenters. The largest absolute Gasteiger partial charge is 0.315 e. The Kier molecular flexibility index (Phi) is 5.07. The van der Waals surface area contributed by atoms with Crippen molar-refractivity contribution in [1.29, 1.82) is 0 Å². The lowest BCUT2D eigenvalue weighted by molar-refractivity contribution is 0.174. The highest BCUT2D eigenvalue weighted by Gasteiger charge is 2.31. The molecule has 90 valence electrons. The first-order chi connectivity index (χ1) is 7.02. The first-order valence-electron chi connectivity index (χ1n) is 6.45. The summed E-state index contributed by atoms with van der Waals surface area (Å²) in [5, 5.41) is 3.54. The van der Waals surface area contributed by atoms with Gasteiger partial charge in [-0.1, -0.05) is 13.8 Å². The molecule has 2 nitrogen and oxygen atoms in total. The third-order valence-electron chi connectivity index (χ3n) is 3.63. The van der Waals surface area contributed by atoms with E-state index in [0.717, 1.165) is 31.0 Å². The van der Waals surface area contributed by atoms with Crippen molar-refractivity contribution >= 4 is 0 Å². The molecule has 1 saturated carbocycles. The van der Waals surface area contributed by atoms with Crippen LogP contribution in [0.4, 0.5) is 0 Å². The summed E-state index contributed by atoms with van der Waals surface area (Å²) in [6.45, 7) is 11.5. The van der Waals surface area contributed by atoms with Gasteiger partial charge in [-0.05, 0) is 52.1 Å². The molecule has 1 N–H and O–H groups in total. The predicted molar refractivity (Wildman–Crippen MR) is 67.1 cm³/mol. The van der Waals surface area contributed by atoms with Gasteiger partial charge in [0.1, 0.15) is 0 Å². The summed E-state index contributed by atoms with van der Waals surface area (Å²) in [5.74, 6) is 1.73. The molecule has 0 spiro atoms. The van der Waals surface area contributed by atoms with Crippen LogP contribution >= 0.6 is 0 Å². The Bertz CT molecular complexity index is 175. The van der Waals surface area contributed by atoms with Crippen molar-refractivity contribution in [2.45, 2.75) is 52.6 Å². The molecule has 0 saturated heterocycles. The Balaban J connectivity index is 2.16. The van der Waals surface area contributed by atoms with Crippen LogP contribution in [0.25, 0.3) is 0 Å². The van der Waals surface area contributed by atoms with Crippen LogP contribution in [-0.2, 0) is 0 Å². The summed E-state index contributed by atoms with van der Waals surface area (Å²) in [6.07, 6.45) is 2.88. The molecule has 0 bridgehead atoms. The maximum atomic E-state index is 3.54. The van der Waals surface area contributed by atoms with E-state index in [0.29, 0.717) is 6.04 Å². The standard InChI is InChI=1S/C13H28N2/c1-10(2)8-14-9-11(3)15(5)12(4)13-6-7-13/h10-14H,6-9H2,1-5H3. The van der Waals surface area contributed by atoms with E-state index in [-0.39, 0.29) is 0 Å². The Morgan fingerprint density at radius 3 is 2.20 bits per heavy atom. The van der Waals surface area contributed by atoms with Gasteiger partial charge < -0.3 is 5.32 Å². The monoisotopic (exact) mass is 212 g/mol. The molecule has 1 aliphatic rings. The zero-order valence-corrected chi connectivity index (χ0v) is 11.1. The van der Waals surface area contributed by atoms with E-state index in [4.69, 9.17) is 0 Å². The normalized spacial score (nSPS) is 21.0. The average molecular weight is 212 g/mol. The fraction of sp³-hybridized carbons (Fsp3) is 1.00. The second-order valence-corrected chi connectivity index (χ2v) is 5.64. The number of nitrogens with one attached hydrogen (secondary N) is 1. The van der Waals surface area contributed by atoms with Crippen molar-refractivity contribution in [2.75, 3.05) is 20.1 Å². The smallest absolute Gasteiger partial charge is 0.0192 e. The summed E-state index contributed by atoms with van der Waals surface area (Å²) >= 11 is 0. The van der Waals surface area contributed by atoms with Gasteiger partial charge in [-0.15, -0.1) is 0 Å². The lowest BCUT2D eigenvalue weighted by Crippen LogP contribution is -2.44. The van der Waals surface area contributed by atoms with Crippen molar-refractivity contribution in [1.82, 2.24) is 10.2 Å². The molecular weight excluding hydrogens is 184 g/mol. The Morgan fingerprint density at radius 2 is 1.73 bits per heavy atom. The van der Waals surface area contributed by atoms with Crippen LogP contribution in [0.5, 0.6) is 0 Å². The molecule has 0 aromatic rings. The summed E-state index contributed by atoms with van der Waals surface area (Å²) in [4.78, 5) is 2.53. The molecule has 1 rings (SSSR count). The lowest BCUT2D eigenvalue weighted by Gasteiger charge is -2.31. The van der Waals surface area contributed by atoms with Crippen molar-refractivity contribution in [3.05, 3.63) is 0 Å². The number of rotatable bonds is 7. The summed E-state index contributed by atoms with van der Waals surface area (Å²) in [6, 6.07) is 1.42. The van der Waals surface area contributed by atoms with Crippen molar-refractivity contribution < 1.29 is 0 Å². The van der Waals surface area contributed by atoms with Gasteiger partial charge in [0.25, 0.3) is 0 Å². The zero-order valence-electron chi connectivity index (χ0n) is 11.1. The second kappa shape index (κ2) is 5.86. The summed E-state index contributed by atoms with van der Waals surface area (Å²) in [7, 11) is 2.27. The SMILES string of the molecule is CC(C)CNCC(C)N(C)C(C)C1CC1. The highest BCUT2D eigenvalue weighted by atomic mass is 15.2. The van der Waals surface area contributed by atoms with Gasteiger partial charge in [0.05, 0.1) is 0 Å². The van der Waals surface area contributed by atoms with E-state index >= 15 is 0 Å². The highest BCUT2D eigenvalue weighted by molar-refractivity contribution is 4.86. The summed E-state index contributed by atoms with van der Waals surface area (Å²) < 4.78 is 0. The molecule has 0 radical (unpaired) electrons. The maximum absolute atomic E-state index is 3.54. The molecule has 0 aromatic heterocycles. The third kappa shape index (κ3) is 4.52. The second-order valence-electron chi connectivity index (χ2n) is 5.64. The quantitative estimate of drug-likeness (QED) is 0.697. The molecule has 1 aliphatic carbocycles. The van der Waals surface area contributed by atoms with E-state index in [2.05, 4.69) is 45.0 Å². The van der Waals surface area contributed by atoms with Crippen molar-refractivity contribution in [3.8, 4) is 0 Å². The molecule has 0 amide bonds. The van der Waals surface area contributed by atoms with E-state index in [1.54, 1.807) is 0 Å². The fourth-order valence-electron chi connectivity index (χ4n) is 2.04. The Morgan fingerprint density at radius 1 is 1.13 bits per heavy atom. The van der Waals surface area contributed by atoms with Gasteiger partial charge in [-0.2, -0.15) is 0 Å². The fourth-order valence-corrected chi connectivity index (χ4v) is 2.04. The van der Waals surface area contributed by atoms with E-state index < -0.39 is 0 Å². The summed E-state index contributed by atoms with van der Waals surface area (Å²) in [5.41, 5.74) is 0. The minimum atomic E-state index is 0.652. The Labute approximate surface area is 95.4 Å². The zero-order chi connectivity index (χ0) is 11.4. The van der Waals surface area contributed by atoms with E-state index in [1.165, 1.54) is 12.8 Å². The third-order valence-corrected chi connectivity index (χ3v) is 3.63. The Hall–Kier alpha value is -0.0800. The first kappa shape index (κ1) is 13.0. The van der Waals surface area contributed by atoms with Crippen LogP contribution in [0.1, 0.15) is 40.5 Å². The van der Waals surface area contributed by atoms with Crippen LogP contribution in [0.2, 0.25) is 0 Å². The molecule has 1 fully saturated rings. The molecule has 2 atom stereocenters. The molecule has 0 aliphatic heterocycles. The number of hydrogen-bond acceptors (Lipinski definition) is 2. The molecule has 0 heterocycles. The van der Waals surface area contributed by atoms with Crippen molar-refractivity contribution in [3.63, 3.8) is 0 Å². The van der Waals surface area contributed by atoms with Gasteiger partial charge in [-0.3, -0.25) is 4.90 Å². The molecule has 2 heteroatoms. The van der Waals surface area contributed by atoms with Gasteiger partial charge in [0, 0.05) is 18.6 Å². The minimum absolute atomic E-state index is 0.652. The first-order valence-corrected chi connectivity index (χ1v) is 6.45. The number of nitrogens with zero attached hydrogens (tertiary/aromatic N) is 1. The van der Waals surface area contributed by atoms with Gasteiger partial charge in [-0.25, -0.2) is 0 Å². The average Bonchev–Trinajstić information content (AvgIpc) is 2.98. The van der Waals surface area contributed by atoms with Crippen LogP contribution < -0.4 is 5.32 Å². The minimum Gasteiger partial charge on any atom is -0.315 e. The predicted octanol–water partition coefficient (Wildman–Crippen LogP) is 2.35. The van der Waals surface area contributed by atoms with E-state index in [1.807, 2.05) is 0 Å². The lowest BCUT2D eigenvalue weighted by atomic mass is 10.1. The topological polar surface area (TPSA) is 15.3 Å². The van der Waals surface area contributed by atoms with Crippen LogP contribution in [-0.4, -0.2) is 37.1 Å². The van der Waals surface area contributed by atoms with Crippen LogP contribution in [0.15, 0.2) is 0 Å². The molecule has 0 aromatic carbocycles. The van der Waals surface area contributed by atoms with Gasteiger partial charge >= 0.3 is 0 Å². The van der Waals surface area contributed by atoms with Gasteiger partial charge in [0.2, 0.25) is 0 Å². The van der Waals surface area contributed by atoms with Crippen LogP contribution in [0, 0.1) is 11.8 Å².